The normalized spacial score (nSPS) is 13.3. The second kappa shape index (κ2) is 12.2. The van der Waals surface area contributed by atoms with Crippen LogP contribution in [0.2, 0.25) is 13.1 Å². The Bertz CT molecular complexity index is 396. The summed E-state index contributed by atoms with van der Waals surface area (Å²) in [7, 11) is -2.22. The van der Waals surface area contributed by atoms with Crippen LogP contribution in [-0.4, -0.2) is 8.56 Å². The number of unbranched alkanes of at least 4 members (excludes halogenated alkanes) is 2. The van der Waals surface area contributed by atoms with Crippen molar-refractivity contribution in [1.82, 2.24) is 0 Å². The predicted molar refractivity (Wildman–Crippen MR) is 104 cm³/mol. The minimum atomic E-state index is -2.22. The van der Waals surface area contributed by atoms with E-state index in [9.17, 15) is 0 Å². The predicted octanol–water partition coefficient (Wildman–Crippen LogP) is 6.88. The molecule has 0 saturated carbocycles. The molecule has 0 N–H and O–H groups in total. The van der Waals surface area contributed by atoms with Gasteiger partial charge < -0.3 is 8.85 Å². The fourth-order valence-corrected chi connectivity index (χ4v) is 4.22. The molecule has 1 atom stereocenters. The summed E-state index contributed by atoms with van der Waals surface area (Å²) in [5.41, 5.74) is 0. The van der Waals surface area contributed by atoms with E-state index in [1.165, 1.54) is 19.3 Å². The minimum Gasteiger partial charge on any atom is -0.517 e. The Morgan fingerprint density at radius 1 is 1.09 bits per heavy atom. The summed E-state index contributed by atoms with van der Waals surface area (Å²) in [6, 6.07) is 0. The van der Waals surface area contributed by atoms with Crippen LogP contribution in [0.25, 0.3) is 0 Å². The van der Waals surface area contributed by atoms with Crippen LogP contribution < -0.4 is 0 Å². The molecule has 0 aliphatic heterocycles. The van der Waals surface area contributed by atoms with Gasteiger partial charge in [-0.2, -0.15) is 0 Å². The first kappa shape index (κ1) is 21.8. The molecule has 132 valence electrons. The van der Waals surface area contributed by atoms with Crippen LogP contribution >= 0.6 is 0 Å². The number of rotatable bonds is 14. The number of allylic oxidation sites excluding steroid dienone is 5. The van der Waals surface area contributed by atoms with E-state index in [0.717, 1.165) is 37.2 Å². The molecule has 0 fully saturated rings. The molecule has 2 nitrogen and oxygen atoms in total. The molecule has 0 heterocycles. The van der Waals surface area contributed by atoms with E-state index in [2.05, 4.69) is 45.8 Å². The van der Waals surface area contributed by atoms with Gasteiger partial charge in [0, 0.05) is 19.5 Å². The van der Waals surface area contributed by atoms with Crippen molar-refractivity contribution < 1.29 is 8.85 Å². The van der Waals surface area contributed by atoms with Crippen molar-refractivity contribution in [2.75, 3.05) is 0 Å². The quantitative estimate of drug-likeness (QED) is 0.149. The summed E-state index contributed by atoms with van der Waals surface area (Å²) in [6.07, 6.45) is 13.8. The Balaban J connectivity index is 4.42. The van der Waals surface area contributed by atoms with Gasteiger partial charge >= 0.3 is 8.56 Å². The van der Waals surface area contributed by atoms with Crippen LogP contribution in [-0.2, 0) is 8.85 Å². The molecule has 0 saturated heterocycles. The molecule has 0 bridgehead atoms. The van der Waals surface area contributed by atoms with Crippen LogP contribution in [0.15, 0.2) is 49.5 Å². The summed E-state index contributed by atoms with van der Waals surface area (Å²) in [4.78, 5) is 0. The molecule has 0 aromatic heterocycles. The molecular weight excluding hydrogens is 300 g/mol. The smallest absolute Gasteiger partial charge is 0.453 e. The lowest BCUT2D eigenvalue weighted by Gasteiger charge is -2.26. The molecule has 0 rings (SSSR count). The van der Waals surface area contributed by atoms with E-state index in [-0.39, 0.29) is 0 Å². The van der Waals surface area contributed by atoms with Crippen LogP contribution in [0.5, 0.6) is 0 Å². The van der Waals surface area contributed by atoms with Crippen molar-refractivity contribution in [3.8, 4) is 0 Å². The fourth-order valence-electron chi connectivity index (χ4n) is 2.54. The Morgan fingerprint density at radius 3 is 2.30 bits per heavy atom. The third-order valence-electron chi connectivity index (χ3n) is 3.65. The first-order valence-electron chi connectivity index (χ1n) is 8.80. The van der Waals surface area contributed by atoms with E-state index < -0.39 is 8.56 Å². The standard InChI is InChI=1S/C20H36O2Si/c1-8-11-13-14-16-20(10-3)17-19(5)22-23(6,7)21-18(4)15-12-9-2/h8-9,17,20H,1-2,4,10-16H2,3,5-7H3/b19-17+/t20-/m1/s1. The van der Waals surface area contributed by atoms with Crippen molar-refractivity contribution in [1.29, 1.82) is 0 Å². The highest BCUT2D eigenvalue weighted by Crippen LogP contribution is 2.22. The van der Waals surface area contributed by atoms with Crippen molar-refractivity contribution in [3.05, 3.63) is 49.5 Å². The van der Waals surface area contributed by atoms with E-state index >= 15 is 0 Å². The lowest BCUT2D eigenvalue weighted by molar-refractivity contribution is 0.265. The Hall–Kier alpha value is -1.22. The second-order valence-corrected chi connectivity index (χ2v) is 9.70. The van der Waals surface area contributed by atoms with Gasteiger partial charge in [0.2, 0.25) is 0 Å². The van der Waals surface area contributed by atoms with Crippen LogP contribution in [0.3, 0.4) is 0 Å². The fraction of sp³-hybridized carbons (Fsp3) is 0.600. The van der Waals surface area contributed by atoms with E-state index in [1.54, 1.807) is 0 Å². The third kappa shape index (κ3) is 11.9. The van der Waals surface area contributed by atoms with Gasteiger partial charge in [-0.15, -0.1) is 13.2 Å². The van der Waals surface area contributed by atoms with Crippen molar-refractivity contribution in [3.63, 3.8) is 0 Å². The maximum Gasteiger partial charge on any atom is 0.453 e. The molecule has 0 spiro atoms. The van der Waals surface area contributed by atoms with E-state index in [1.807, 2.05) is 19.1 Å². The topological polar surface area (TPSA) is 18.5 Å². The molecule has 0 aromatic carbocycles. The monoisotopic (exact) mass is 336 g/mol. The third-order valence-corrected chi connectivity index (χ3v) is 5.25. The average Bonchev–Trinajstić information content (AvgIpc) is 2.47. The summed E-state index contributed by atoms with van der Waals surface area (Å²) in [5, 5.41) is 0. The lowest BCUT2D eigenvalue weighted by Crippen LogP contribution is -2.33. The van der Waals surface area contributed by atoms with Gasteiger partial charge in [-0.25, -0.2) is 0 Å². The van der Waals surface area contributed by atoms with Gasteiger partial charge in [0.1, 0.15) is 0 Å². The SMILES string of the molecule is C=CCCCC[C@H](/C=C(\C)O[Si](C)(C)OC(=C)CCC=C)CC. The molecule has 0 aliphatic rings. The molecule has 0 radical (unpaired) electrons. The molecule has 0 aromatic rings. The van der Waals surface area contributed by atoms with Crippen molar-refractivity contribution in [2.45, 2.75) is 71.9 Å². The molecule has 0 unspecified atom stereocenters. The Labute approximate surface area is 145 Å². The zero-order valence-corrected chi connectivity index (χ0v) is 16.7. The van der Waals surface area contributed by atoms with Crippen LogP contribution in [0.4, 0.5) is 0 Å². The zero-order valence-electron chi connectivity index (χ0n) is 15.7. The van der Waals surface area contributed by atoms with Gasteiger partial charge in [0.25, 0.3) is 0 Å². The molecule has 23 heavy (non-hydrogen) atoms. The summed E-state index contributed by atoms with van der Waals surface area (Å²) < 4.78 is 12.1. The van der Waals surface area contributed by atoms with Gasteiger partial charge in [0.15, 0.2) is 0 Å². The van der Waals surface area contributed by atoms with Crippen LogP contribution in [0, 0.1) is 5.92 Å². The largest absolute Gasteiger partial charge is 0.517 e. The maximum absolute atomic E-state index is 6.12. The van der Waals surface area contributed by atoms with E-state index in [0.29, 0.717) is 5.92 Å². The first-order chi connectivity index (χ1) is 10.8. The highest BCUT2D eigenvalue weighted by atomic mass is 28.4. The highest BCUT2D eigenvalue weighted by Gasteiger charge is 2.29. The molecular formula is C20H36O2Si. The van der Waals surface area contributed by atoms with Gasteiger partial charge in [0.05, 0.1) is 11.5 Å². The Morgan fingerprint density at radius 2 is 1.74 bits per heavy atom. The summed E-state index contributed by atoms with van der Waals surface area (Å²) in [5.74, 6) is 2.35. The second-order valence-electron chi connectivity index (χ2n) is 6.49. The minimum absolute atomic E-state index is 0.577. The molecule has 3 heteroatoms. The lowest BCUT2D eigenvalue weighted by atomic mass is 9.98. The Kier molecular flexibility index (Phi) is 11.6. The summed E-state index contributed by atoms with van der Waals surface area (Å²) >= 11 is 0. The molecule has 0 aliphatic carbocycles. The summed E-state index contributed by atoms with van der Waals surface area (Å²) in [6.45, 7) is 19.9. The molecule has 0 amide bonds. The first-order valence-corrected chi connectivity index (χ1v) is 11.6. The highest BCUT2D eigenvalue weighted by molar-refractivity contribution is 6.65. The van der Waals surface area contributed by atoms with Gasteiger partial charge in [-0.05, 0) is 51.0 Å². The van der Waals surface area contributed by atoms with Crippen molar-refractivity contribution in [2.24, 2.45) is 5.92 Å². The maximum atomic E-state index is 6.12. The van der Waals surface area contributed by atoms with Crippen LogP contribution in [0.1, 0.15) is 58.8 Å². The number of hydrogen-bond acceptors (Lipinski definition) is 2. The average molecular weight is 337 g/mol. The van der Waals surface area contributed by atoms with E-state index in [4.69, 9.17) is 8.85 Å². The van der Waals surface area contributed by atoms with Crippen molar-refractivity contribution >= 4 is 8.56 Å². The number of hydrogen-bond donors (Lipinski definition) is 0. The van der Waals surface area contributed by atoms with Gasteiger partial charge in [-0.3, -0.25) is 0 Å². The van der Waals surface area contributed by atoms with Gasteiger partial charge in [-0.1, -0.05) is 32.1 Å². The zero-order chi connectivity index (χ0) is 17.7.